The van der Waals surface area contributed by atoms with Crippen molar-refractivity contribution in [3.63, 3.8) is 0 Å². The zero-order valence-electron chi connectivity index (χ0n) is 11.5. The minimum Gasteiger partial charge on any atom is -0.342 e. The van der Waals surface area contributed by atoms with Crippen molar-refractivity contribution in [3.05, 3.63) is 33.8 Å². The van der Waals surface area contributed by atoms with E-state index < -0.39 is 0 Å². The maximum absolute atomic E-state index is 12.0. The van der Waals surface area contributed by atoms with Crippen LogP contribution in [0.15, 0.2) is 18.2 Å². The maximum atomic E-state index is 12.0. The summed E-state index contributed by atoms with van der Waals surface area (Å²) < 4.78 is 0. The molecule has 0 spiro atoms. The van der Waals surface area contributed by atoms with Crippen molar-refractivity contribution in [1.82, 2.24) is 15.1 Å². The average molecular weight is 330 g/mol. The first kappa shape index (κ1) is 15.9. The summed E-state index contributed by atoms with van der Waals surface area (Å²) in [6.07, 6.45) is 1.47. The molecule has 1 saturated heterocycles. The number of hydrogen-bond donors (Lipinski definition) is 1. The summed E-state index contributed by atoms with van der Waals surface area (Å²) in [7, 11) is 0. The highest BCUT2D eigenvalue weighted by Crippen LogP contribution is 2.21. The highest BCUT2D eigenvalue weighted by atomic mass is 35.5. The lowest BCUT2D eigenvalue weighted by atomic mass is 10.1. The van der Waals surface area contributed by atoms with Gasteiger partial charge in [-0.2, -0.15) is 0 Å². The third-order valence-corrected chi connectivity index (χ3v) is 4.02. The van der Waals surface area contributed by atoms with E-state index in [2.05, 4.69) is 5.32 Å². The van der Waals surface area contributed by atoms with Gasteiger partial charge in [-0.3, -0.25) is 4.79 Å². The molecule has 2 rings (SSSR count). The molecule has 0 aromatic heterocycles. The van der Waals surface area contributed by atoms with Crippen molar-refractivity contribution in [2.45, 2.75) is 6.42 Å². The first-order valence-corrected chi connectivity index (χ1v) is 7.52. The average Bonchev–Trinajstić information content (AvgIpc) is 2.49. The van der Waals surface area contributed by atoms with Gasteiger partial charge in [-0.25, -0.2) is 4.79 Å². The summed E-state index contributed by atoms with van der Waals surface area (Å²) in [6.45, 7) is 2.80. The molecule has 3 amide bonds. The van der Waals surface area contributed by atoms with Gasteiger partial charge in [-0.15, -0.1) is 0 Å². The number of nitrogens with one attached hydrogen (secondary N) is 1. The van der Waals surface area contributed by atoms with Crippen LogP contribution in [0.2, 0.25) is 10.0 Å². The number of halogens is 2. The molecule has 7 heteroatoms. The van der Waals surface area contributed by atoms with Crippen LogP contribution in [0.4, 0.5) is 4.79 Å². The first-order chi connectivity index (χ1) is 10.1. The van der Waals surface area contributed by atoms with E-state index in [4.69, 9.17) is 23.2 Å². The third-order valence-electron chi connectivity index (χ3n) is 3.44. The molecule has 1 aromatic carbocycles. The van der Waals surface area contributed by atoms with Crippen LogP contribution in [0.25, 0.3) is 0 Å². The second kappa shape index (κ2) is 7.52. The Hall–Kier alpha value is -1.46. The fraction of sp³-hybridized carbons (Fsp3) is 0.429. The number of urea groups is 1. The van der Waals surface area contributed by atoms with E-state index in [1.165, 1.54) is 0 Å². The summed E-state index contributed by atoms with van der Waals surface area (Å²) in [5.41, 5.74) is 0.951. The molecule has 5 nitrogen and oxygen atoms in total. The van der Waals surface area contributed by atoms with Crippen LogP contribution in [0, 0.1) is 0 Å². The van der Waals surface area contributed by atoms with Gasteiger partial charge in [-0.05, 0) is 24.1 Å². The summed E-state index contributed by atoms with van der Waals surface area (Å²) in [5, 5.41) is 4.07. The molecule has 1 fully saturated rings. The van der Waals surface area contributed by atoms with E-state index in [1.54, 1.807) is 21.9 Å². The summed E-state index contributed by atoms with van der Waals surface area (Å²) >= 11 is 11.9. The van der Waals surface area contributed by atoms with Gasteiger partial charge >= 0.3 is 6.03 Å². The van der Waals surface area contributed by atoms with Gasteiger partial charge in [-0.1, -0.05) is 29.3 Å². The third kappa shape index (κ3) is 4.51. The lowest BCUT2D eigenvalue weighted by Gasteiger charge is -2.32. The number of amides is 3. The van der Waals surface area contributed by atoms with Crippen LogP contribution in [0.1, 0.15) is 5.56 Å². The van der Waals surface area contributed by atoms with Crippen LogP contribution in [0.5, 0.6) is 0 Å². The molecular formula is C14H17Cl2N3O2. The van der Waals surface area contributed by atoms with Gasteiger partial charge in [0.05, 0.1) is 0 Å². The minimum absolute atomic E-state index is 0.106. The monoisotopic (exact) mass is 329 g/mol. The van der Waals surface area contributed by atoms with Crippen molar-refractivity contribution in [1.29, 1.82) is 0 Å². The van der Waals surface area contributed by atoms with E-state index in [0.717, 1.165) is 12.0 Å². The van der Waals surface area contributed by atoms with Gasteiger partial charge in [0.15, 0.2) is 0 Å². The molecule has 0 aliphatic carbocycles. The van der Waals surface area contributed by atoms with Gasteiger partial charge < -0.3 is 15.1 Å². The molecule has 1 N–H and O–H groups in total. The predicted molar refractivity (Wildman–Crippen MR) is 82.8 cm³/mol. The van der Waals surface area contributed by atoms with Crippen LogP contribution in [-0.2, 0) is 11.2 Å². The molecule has 114 valence electrons. The van der Waals surface area contributed by atoms with Crippen molar-refractivity contribution >= 4 is 35.6 Å². The highest BCUT2D eigenvalue weighted by Gasteiger charge is 2.19. The Kier molecular flexibility index (Phi) is 5.70. The van der Waals surface area contributed by atoms with E-state index >= 15 is 0 Å². The summed E-state index contributed by atoms with van der Waals surface area (Å²) in [4.78, 5) is 26.0. The minimum atomic E-state index is -0.106. The quantitative estimate of drug-likeness (QED) is 0.859. The molecule has 1 aliphatic heterocycles. The van der Waals surface area contributed by atoms with E-state index in [0.29, 0.717) is 49.2 Å². The number of carbonyl (C=O) groups excluding carboxylic acids is 2. The molecule has 1 aliphatic rings. The maximum Gasteiger partial charge on any atom is 0.317 e. The molecule has 0 radical (unpaired) electrons. The number of carbonyl (C=O) groups is 2. The molecule has 0 saturated carbocycles. The van der Waals surface area contributed by atoms with Crippen LogP contribution >= 0.6 is 23.2 Å². The number of benzene rings is 1. The number of piperazine rings is 1. The Morgan fingerprint density at radius 1 is 1.24 bits per heavy atom. The summed E-state index contributed by atoms with van der Waals surface area (Å²) in [6, 6.07) is 5.23. The predicted octanol–water partition coefficient (Wildman–Crippen LogP) is 2.02. The fourth-order valence-corrected chi connectivity index (χ4v) is 2.67. The van der Waals surface area contributed by atoms with Gasteiger partial charge in [0, 0.05) is 42.8 Å². The first-order valence-electron chi connectivity index (χ1n) is 6.76. The van der Waals surface area contributed by atoms with Gasteiger partial charge in [0.25, 0.3) is 0 Å². The second-order valence-electron chi connectivity index (χ2n) is 4.85. The van der Waals surface area contributed by atoms with Crippen molar-refractivity contribution in [2.24, 2.45) is 0 Å². The number of hydrogen-bond acceptors (Lipinski definition) is 2. The molecule has 1 heterocycles. The van der Waals surface area contributed by atoms with E-state index in [9.17, 15) is 9.59 Å². The smallest absolute Gasteiger partial charge is 0.317 e. The molecular weight excluding hydrogens is 313 g/mol. The Bertz CT molecular complexity index is 517. The molecule has 21 heavy (non-hydrogen) atoms. The standard InChI is InChI=1S/C14H17Cl2N3O2/c15-12-2-1-11(13(16)9-12)3-4-17-14(21)19-7-5-18(10-20)6-8-19/h1-2,9-10H,3-8H2,(H,17,21). The van der Waals surface area contributed by atoms with Crippen molar-refractivity contribution in [3.8, 4) is 0 Å². The second-order valence-corrected chi connectivity index (χ2v) is 5.69. The normalized spacial score (nSPS) is 15.0. The highest BCUT2D eigenvalue weighted by molar-refractivity contribution is 6.35. The molecule has 0 atom stereocenters. The van der Waals surface area contributed by atoms with Crippen molar-refractivity contribution < 1.29 is 9.59 Å². The largest absolute Gasteiger partial charge is 0.342 e. The molecule has 0 unspecified atom stereocenters. The van der Waals surface area contributed by atoms with Crippen LogP contribution in [-0.4, -0.2) is 55.0 Å². The lowest BCUT2D eigenvalue weighted by molar-refractivity contribution is -0.119. The van der Waals surface area contributed by atoms with Gasteiger partial charge in [0.1, 0.15) is 0 Å². The van der Waals surface area contributed by atoms with Crippen LogP contribution < -0.4 is 5.32 Å². The molecule has 1 aromatic rings. The van der Waals surface area contributed by atoms with Gasteiger partial charge in [0.2, 0.25) is 6.41 Å². The van der Waals surface area contributed by atoms with E-state index in [1.807, 2.05) is 6.07 Å². The Labute approximate surface area is 133 Å². The zero-order valence-corrected chi connectivity index (χ0v) is 13.0. The van der Waals surface area contributed by atoms with Crippen molar-refractivity contribution in [2.75, 3.05) is 32.7 Å². The number of nitrogens with zero attached hydrogens (tertiary/aromatic N) is 2. The number of rotatable bonds is 4. The topological polar surface area (TPSA) is 52.7 Å². The molecule has 0 bridgehead atoms. The summed E-state index contributed by atoms with van der Waals surface area (Å²) in [5.74, 6) is 0. The SMILES string of the molecule is O=CN1CCN(C(=O)NCCc2ccc(Cl)cc2Cl)CC1. The van der Waals surface area contributed by atoms with E-state index in [-0.39, 0.29) is 6.03 Å². The lowest BCUT2D eigenvalue weighted by Crippen LogP contribution is -2.51. The Morgan fingerprint density at radius 2 is 1.95 bits per heavy atom. The Morgan fingerprint density at radius 3 is 2.57 bits per heavy atom. The van der Waals surface area contributed by atoms with Crippen LogP contribution in [0.3, 0.4) is 0 Å². The fourth-order valence-electron chi connectivity index (χ4n) is 2.17. The zero-order chi connectivity index (χ0) is 15.2. The Balaban J connectivity index is 1.75.